The number of amides is 2. The van der Waals surface area contributed by atoms with Crippen molar-refractivity contribution < 1.29 is 14.3 Å². The lowest BCUT2D eigenvalue weighted by molar-refractivity contribution is 0.101. The number of ether oxygens (including phenoxy) is 1. The van der Waals surface area contributed by atoms with Crippen LogP contribution in [0.4, 0.5) is 11.4 Å². The first-order valence-electron chi connectivity index (χ1n) is 8.96. The highest BCUT2D eigenvalue weighted by molar-refractivity contribution is 7.14. The highest BCUT2D eigenvalue weighted by Gasteiger charge is 2.19. The fourth-order valence-corrected chi connectivity index (χ4v) is 4.35. The van der Waals surface area contributed by atoms with Gasteiger partial charge in [-0.1, -0.05) is 0 Å². The summed E-state index contributed by atoms with van der Waals surface area (Å²) in [4.78, 5) is 30.9. The maximum Gasteiger partial charge on any atom is 0.265 e. The van der Waals surface area contributed by atoms with Gasteiger partial charge in [-0.3, -0.25) is 14.6 Å². The Hall–Kier alpha value is -3.19. The molecule has 6 nitrogen and oxygen atoms in total. The minimum atomic E-state index is -0.281. The van der Waals surface area contributed by atoms with Crippen molar-refractivity contribution in [1.29, 1.82) is 0 Å². The van der Waals surface area contributed by atoms with Gasteiger partial charge >= 0.3 is 0 Å². The van der Waals surface area contributed by atoms with E-state index < -0.39 is 0 Å². The Morgan fingerprint density at radius 3 is 2.75 bits per heavy atom. The molecule has 142 valence electrons. The second-order valence-electron chi connectivity index (χ2n) is 6.48. The first kappa shape index (κ1) is 18.2. The van der Waals surface area contributed by atoms with Crippen molar-refractivity contribution in [2.75, 3.05) is 17.7 Å². The van der Waals surface area contributed by atoms with Crippen molar-refractivity contribution in [3.63, 3.8) is 0 Å². The second-order valence-corrected chi connectivity index (χ2v) is 7.61. The highest BCUT2D eigenvalue weighted by atomic mass is 32.1. The molecular weight excluding hydrogens is 374 g/mol. The van der Waals surface area contributed by atoms with E-state index in [0.29, 0.717) is 22.7 Å². The van der Waals surface area contributed by atoms with Gasteiger partial charge in [-0.25, -0.2) is 0 Å². The van der Waals surface area contributed by atoms with E-state index in [1.165, 1.54) is 30.2 Å². The number of carbonyl (C=O) groups excluding carboxylic acids is 2. The number of carbonyl (C=O) groups is 2. The number of nitrogens with zero attached hydrogens (tertiary/aromatic N) is 1. The number of methoxy groups -OCH3 is 1. The average molecular weight is 393 g/mol. The number of anilines is 2. The molecule has 4 rings (SSSR count). The number of hydrogen-bond donors (Lipinski definition) is 2. The van der Waals surface area contributed by atoms with Crippen molar-refractivity contribution in [2.24, 2.45) is 0 Å². The lowest BCUT2D eigenvalue weighted by Crippen LogP contribution is -2.14. The number of pyridine rings is 1. The maximum absolute atomic E-state index is 12.5. The molecule has 2 N–H and O–H groups in total. The van der Waals surface area contributed by atoms with Gasteiger partial charge in [0.2, 0.25) is 0 Å². The summed E-state index contributed by atoms with van der Waals surface area (Å²) in [7, 11) is 1.52. The third-order valence-corrected chi connectivity index (χ3v) is 5.84. The first-order chi connectivity index (χ1) is 13.6. The van der Waals surface area contributed by atoms with E-state index in [4.69, 9.17) is 4.74 Å². The molecule has 0 bridgehead atoms. The zero-order valence-corrected chi connectivity index (χ0v) is 16.1. The fraction of sp³-hybridized carbons (Fsp3) is 0.190. The van der Waals surface area contributed by atoms with Gasteiger partial charge in [-0.2, -0.15) is 0 Å². The van der Waals surface area contributed by atoms with E-state index in [1.807, 2.05) is 6.07 Å². The van der Waals surface area contributed by atoms with E-state index in [0.717, 1.165) is 17.7 Å². The van der Waals surface area contributed by atoms with Crippen LogP contribution >= 0.6 is 11.3 Å². The van der Waals surface area contributed by atoms with Crippen LogP contribution in [0.3, 0.4) is 0 Å². The number of fused-ring (bicyclic) bond motifs is 1. The molecule has 3 aromatic rings. The SMILES string of the molecule is COc1cc(NC(=O)c2cc3c(s2)CCC3)ccc1NC(=O)c1cccnc1. The highest BCUT2D eigenvalue weighted by Crippen LogP contribution is 2.32. The van der Waals surface area contributed by atoms with E-state index in [2.05, 4.69) is 15.6 Å². The zero-order valence-electron chi connectivity index (χ0n) is 15.3. The Morgan fingerprint density at radius 2 is 2.00 bits per heavy atom. The van der Waals surface area contributed by atoms with Crippen molar-refractivity contribution in [3.8, 4) is 5.75 Å². The quantitative estimate of drug-likeness (QED) is 0.683. The smallest absolute Gasteiger partial charge is 0.265 e. The second kappa shape index (κ2) is 7.82. The van der Waals surface area contributed by atoms with E-state index in [-0.39, 0.29) is 11.8 Å². The Balaban J connectivity index is 1.48. The van der Waals surface area contributed by atoms with Crippen LogP contribution in [-0.2, 0) is 12.8 Å². The van der Waals surface area contributed by atoms with E-state index in [1.54, 1.807) is 47.9 Å². The summed E-state index contributed by atoms with van der Waals surface area (Å²) in [6, 6.07) is 10.5. The van der Waals surface area contributed by atoms with Gasteiger partial charge in [0.05, 0.1) is 23.2 Å². The molecule has 0 atom stereocenters. The summed E-state index contributed by atoms with van der Waals surface area (Å²) in [6.07, 6.45) is 6.39. The number of thiophene rings is 1. The largest absolute Gasteiger partial charge is 0.494 e. The summed E-state index contributed by atoms with van der Waals surface area (Å²) in [5.41, 5.74) is 2.87. The number of benzene rings is 1. The van der Waals surface area contributed by atoms with Crippen LogP contribution < -0.4 is 15.4 Å². The normalized spacial score (nSPS) is 12.3. The molecule has 1 aromatic carbocycles. The average Bonchev–Trinajstić information content (AvgIpc) is 3.32. The standard InChI is InChI=1S/C21H19N3O3S/c1-27-17-11-15(23-21(26)19-10-13-4-2-6-18(13)28-19)7-8-16(17)24-20(25)14-5-3-9-22-12-14/h3,5,7-12H,2,4,6H2,1H3,(H,23,26)(H,24,25). The summed E-state index contributed by atoms with van der Waals surface area (Å²) >= 11 is 1.56. The Labute approximate surface area is 166 Å². The van der Waals surface area contributed by atoms with Crippen LogP contribution in [0.1, 0.15) is 36.9 Å². The molecule has 0 radical (unpaired) electrons. The molecule has 28 heavy (non-hydrogen) atoms. The van der Waals surface area contributed by atoms with Crippen LogP contribution in [0.5, 0.6) is 5.75 Å². The van der Waals surface area contributed by atoms with Gasteiger partial charge in [0.25, 0.3) is 11.8 Å². The molecule has 7 heteroatoms. The number of aromatic nitrogens is 1. The van der Waals surface area contributed by atoms with Gasteiger partial charge in [0, 0.05) is 29.0 Å². The van der Waals surface area contributed by atoms with Crippen molar-refractivity contribution >= 4 is 34.5 Å². The minimum Gasteiger partial charge on any atom is -0.494 e. The predicted octanol–water partition coefficient (Wildman–Crippen LogP) is 4.15. The number of nitrogens with one attached hydrogen (secondary N) is 2. The van der Waals surface area contributed by atoms with Crippen LogP contribution in [0, 0.1) is 0 Å². The summed E-state index contributed by atoms with van der Waals surface area (Å²) in [5, 5.41) is 5.70. The van der Waals surface area contributed by atoms with E-state index in [9.17, 15) is 9.59 Å². The van der Waals surface area contributed by atoms with Gasteiger partial charge in [-0.05, 0) is 55.2 Å². The van der Waals surface area contributed by atoms with Gasteiger partial charge in [0.1, 0.15) is 5.75 Å². The van der Waals surface area contributed by atoms with Gasteiger partial charge in [-0.15, -0.1) is 11.3 Å². The third-order valence-electron chi connectivity index (χ3n) is 4.60. The molecule has 1 aliphatic rings. The molecule has 1 aliphatic carbocycles. The third kappa shape index (κ3) is 3.75. The predicted molar refractivity (Wildman–Crippen MR) is 109 cm³/mol. The Kier molecular flexibility index (Phi) is 5.08. The molecule has 2 amide bonds. The Morgan fingerprint density at radius 1 is 1.11 bits per heavy atom. The first-order valence-corrected chi connectivity index (χ1v) is 9.78. The van der Waals surface area contributed by atoms with Crippen LogP contribution in [0.2, 0.25) is 0 Å². The molecule has 0 saturated carbocycles. The van der Waals surface area contributed by atoms with Crippen LogP contribution in [0.25, 0.3) is 0 Å². The molecule has 0 fully saturated rings. The lowest BCUT2D eigenvalue weighted by Gasteiger charge is -2.12. The zero-order chi connectivity index (χ0) is 19.5. The summed E-state index contributed by atoms with van der Waals surface area (Å²) in [5.74, 6) is 0.0496. The topological polar surface area (TPSA) is 80.3 Å². The monoisotopic (exact) mass is 393 g/mol. The molecular formula is C21H19N3O3S. The van der Waals surface area contributed by atoms with E-state index >= 15 is 0 Å². The summed E-state index contributed by atoms with van der Waals surface area (Å²) < 4.78 is 5.38. The number of aryl methyl sites for hydroxylation is 2. The number of hydrogen-bond acceptors (Lipinski definition) is 5. The maximum atomic E-state index is 12.5. The fourth-order valence-electron chi connectivity index (χ4n) is 3.20. The molecule has 2 heterocycles. The lowest BCUT2D eigenvalue weighted by atomic mass is 10.2. The van der Waals surface area contributed by atoms with Crippen molar-refractivity contribution in [2.45, 2.75) is 19.3 Å². The molecule has 0 spiro atoms. The van der Waals surface area contributed by atoms with Crippen LogP contribution in [-0.4, -0.2) is 23.9 Å². The molecule has 0 aliphatic heterocycles. The molecule has 2 aromatic heterocycles. The van der Waals surface area contributed by atoms with Gasteiger partial charge < -0.3 is 15.4 Å². The molecule has 0 saturated heterocycles. The van der Waals surface area contributed by atoms with Crippen molar-refractivity contribution in [3.05, 3.63) is 69.7 Å². The summed E-state index contributed by atoms with van der Waals surface area (Å²) in [6.45, 7) is 0. The number of rotatable bonds is 5. The minimum absolute atomic E-state index is 0.131. The molecule has 0 unspecified atom stereocenters. The van der Waals surface area contributed by atoms with Gasteiger partial charge in [0.15, 0.2) is 0 Å². The van der Waals surface area contributed by atoms with Crippen LogP contribution in [0.15, 0.2) is 48.8 Å². The Bertz CT molecular complexity index is 1010. The van der Waals surface area contributed by atoms with Crippen molar-refractivity contribution in [1.82, 2.24) is 4.98 Å².